The van der Waals surface area contributed by atoms with Crippen LogP contribution in [0, 0.1) is 11.8 Å². The maximum atomic E-state index is 10.3. The lowest BCUT2D eigenvalue weighted by Crippen LogP contribution is -2.13. The van der Waals surface area contributed by atoms with Gasteiger partial charge in [0.05, 0.1) is 0 Å². The fourth-order valence-corrected chi connectivity index (χ4v) is 0.802. The zero-order chi connectivity index (χ0) is 8.85. The first-order chi connectivity index (χ1) is 5.17. The normalized spacial score (nSPS) is 26.4. The van der Waals surface area contributed by atoms with Crippen LogP contribution in [0.25, 0.3) is 0 Å². The topological polar surface area (TPSA) is 55.1 Å². The smallest absolute Gasteiger partial charge is 0.221 e. The zero-order valence-corrected chi connectivity index (χ0v) is 7.13. The van der Waals surface area contributed by atoms with E-state index in [1.54, 1.807) is 6.08 Å². The van der Waals surface area contributed by atoms with Crippen molar-refractivity contribution in [2.24, 2.45) is 17.6 Å². The first-order valence-corrected chi connectivity index (χ1v) is 3.67. The Morgan fingerprint density at radius 3 is 2.27 bits per heavy atom. The Hall–Kier alpha value is -0.830. The van der Waals surface area contributed by atoms with Gasteiger partial charge in [0.1, 0.15) is 0 Å². The van der Waals surface area contributed by atoms with Crippen molar-refractivity contribution in [2.75, 3.05) is 14.1 Å². The van der Waals surface area contributed by atoms with E-state index in [9.17, 15) is 4.79 Å². The summed E-state index contributed by atoms with van der Waals surface area (Å²) in [7, 11) is 3.75. The van der Waals surface area contributed by atoms with Crippen LogP contribution in [0.4, 0.5) is 0 Å². The van der Waals surface area contributed by atoms with Crippen molar-refractivity contribution >= 4 is 5.91 Å². The lowest BCUT2D eigenvalue weighted by Gasteiger charge is -1.82. The minimum Gasteiger partial charge on any atom is -0.369 e. The van der Waals surface area contributed by atoms with Crippen LogP contribution in [0.2, 0.25) is 0 Å². The highest BCUT2D eigenvalue weighted by Crippen LogP contribution is 2.38. The van der Waals surface area contributed by atoms with Crippen LogP contribution in [-0.2, 0) is 4.79 Å². The van der Waals surface area contributed by atoms with Crippen LogP contribution < -0.4 is 11.1 Å². The maximum absolute atomic E-state index is 10.3. The number of carbonyl (C=O) groups is 1. The van der Waals surface area contributed by atoms with E-state index in [0.29, 0.717) is 5.92 Å². The minimum absolute atomic E-state index is 0.104. The Morgan fingerprint density at radius 1 is 1.73 bits per heavy atom. The van der Waals surface area contributed by atoms with Gasteiger partial charge in [0, 0.05) is 5.92 Å². The van der Waals surface area contributed by atoms with E-state index in [1.165, 1.54) is 0 Å². The second kappa shape index (κ2) is 4.91. The molecule has 2 atom stereocenters. The molecule has 1 saturated carbocycles. The van der Waals surface area contributed by atoms with E-state index < -0.39 is 0 Å². The summed E-state index contributed by atoms with van der Waals surface area (Å²) in [6.07, 6.45) is 2.70. The molecule has 11 heavy (non-hydrogen) atoms. The molecule has 1 aliphatic carbocycles. The van der Waals surface area contributed by atoms with E-state index in [4.69, 9.17) is 5.73 Å². The van der Waals surface area contributed by atoms with E-state index >= 15 is 0 Å². The third-order valence-corrected chi connectivity index (χ3v) is 1.51. The lowest BCUT2D eigenvalue weighted by molar-refractivity contribution is -0.119. The Morgan fingerprint density at radius 2 is 2.18 bits per heavy atom. The van der Waals surface area contributed by atoms with Gasteiger partial charge in [0.2, 0.25) is 5.91 Å². The molecule has 1 fully saturated rings. The molecular weight excluding hydrogens is 140 g/mol. The van der Waals surface area contributed by atoms with Crippen LogP contribution in [0.15, 0.2) is 12.7 Å². The van der Waals surface area contributed by atoms with Crippen molar-refractivity contribution in [1.29, 1.82) is 0 Å². The van der Waals surface area contributed by atoms with E-state index in [1.807, 2.05) is 14.1 Å². The highest BCUT2D eigenvalue weighted by atomic mass is 16.1. The summed E-state index contributed by atoms with van der Waals surface area (Å²) < 4.78 is 0. The number of hydrogen-bond acceptors (Lipinski definition) is 2. The van der Waals surface area contributed by atoms with Crippen molar-refractivity contribution < 1.29 is 4.79 Å². The van der Waals surface area contributed by atoms with Gasteiger partial charge in [-0.2, -0.15) is 0 Å². The summed E-state index contributed by atoms with van der Waals surface area (Å²) in [4.78, 5) is 10.3. The summed E-state index contributed by atoms with van der Waals surface area (Å²) >= 11 is 0. The van der Waals surface area contributed by atoms with Crippen LogP contribution in [-0.4, -0.2) is 20.0 Å². The van der Waals surface area contributed by atoms with Gasteiger partial charge in [-0.25, -0.2) is 0 Å². The SMILES string of the molecule is C=CC1C[C@@H]1C(N)=O.CNC. The summed E-state index contributed by atoms with van der Waals surface area (Å²) in [6, 6.07) is 0. The average molecular weight is 156 g/mol. The second-order valence-electron chi connectivity index (χ2n) is 2.64. The summed E-state index contributed by atoms with van der Waals surface area (Å²) in [5.41, 5.74) is 4.98. The number of rotatable bonds is 2. The molecule has 64 valence electrons. The number of allylic oxidation sites excluding steroid dienone is 1. The monoisotopic (exact) mass is 156 g/mol. The van der Waals surface area contributed by atoms with E-state index in [-0.39, 0.29) is 11.8 Å². The summed E-state index contributed by atoms with van der Waals surface area (Å²) in [5, 5.41) is 2.75. The molecule has 0 aromatic heterocycles. The molecule has 0 radical (unpaired) electrons. The van der Waals surface area contributed by atoms with Gasteiger partial charge >= 0.3 is 0 Å². The van der Waals surface area contributed by atoms with Crippen molar-refractivity contribution in [3.63, 3.8) is 0 Å². The van der Waals surface area contributed by atoms with Gasteiger partial charge < -0.3 is 11.1 Å². The molecule has 0 spiro atoms. The van der Waals surface area contributed by atoms with Gasteiger partial charge in [-0.05, 0) is 26.4 Å². The molecule has 0 bridgehead atoms. The second-order valence-corrected chi connectivity index (χ2v) is 2.64. The van der Waals surface area contributed by atoms with Crippen molar-refractivity contribution in [2.45, 2.75) is 6.42 Å². The highest BCUT2D eigenvalue weighted by Gasteiger charge is 2.38. The van der Waals surface area contributed by atoms with Gasteiger partial charge in [0.25, 0.3) is 0 Å². The van der Waals surface area contributed by atoms with Gasteiger partial charge in [-0.3, -0.25) is 4.79 Å². The predicted molar refractivity (Wildman–Crippen MR) is 46.0 cm³/mol. The number of primary amides is 1. The summed E-state index contributed by atoms with van der Waals surface area (Å²) in [6.45, 7) is 3.55. The standard InChI is InChI=1S/C6H9NO.C2H7N/c1-2-4-3-5(4)6(7)8;1-3-2/h2,4-5H,1,3H2,(H2,7,8);3H,1-2H3/t4?,5-;/m0./s1. The van der Waals surface area contributed by atoms with Crippen LogP contribution in [0.5, 0.6) is 0 Å². The molecule has 1 aliphatic rings. The predicted octanol–water partition coefficient (Wildman–Crippen LogP) is 0.129. The fourth-order valence-electron chi connectivity index (χ4n) is 0.802. The Balaban J connectivity index is 0.000000292. The largest absolute Gasteiger partial charge is 0.369 e. The number of nitrogens with one attached hydrogen (secondary N) is 1. The Labute approximate surface area is 67.7 Å². The van der Waals surface area contributed by atoms with E-state index in [0.717, 1.165) is 6.42 Å². The third-order valence-electron chi connectivity index (χ3n) is 1.51. The van der Waals surface area contributed by atoms with Crippen molar-refractivity contribution in [3.8, 4) is 0 Å². The Bertz CT molecular complexity index is 145. The van der Waals surface area contributed by atoms with E-state index in [2.05, 4.69) is 11.9 Å². The van der Waals surface area contributed by atoms with Crippen molar-refractivity contribution in [3.05, 3.63) is 12.7 Å². The minimum atomic E-state index is -0.185. The highest BCUT2D eigenvalue weighted by molar-refractivity contribution is 5.80. The van der Waals surface area contributed by atoms with Gasteiger partial charge in [-0.15, -0.1) is 6.58 Å². The molecule has 0 aromatic rings. The number of hydrogen-bond donors (Lipinski definition) is 2. The molecule has 3 heteroatoms. The molecule has 1 amide bonds. The number of nitrogens with two attached hydrogens (primary N) is 1. The number of carbonyl (C=O) groups excluding carboxylic acids is 1. The molecule has 0 heterocycles. The molecule has 1 rings (SSSR count). The molecule has 0 saturated heterocycles. The van der Waals surface area contributed by atoms with Crippen LogP contribution in [0.3, 0.4) is 0 Å². The van der Waals surface area contributed by atoms with Crippen LogP contribution >= 0.6 is 0 Å². The van der Waals surface area contributed by atoms with Gasteiger partial charge in [0.15, 0.2) is 0 Å². The van der Waals surface area contributed by atoms with Crippen molar-refractivity contribution in [1.82, 2.24) is 5.32 Å². The quantitative estimate of drug-likeness (QED) is 0.558. The molecule has 3 nitrogen and oxygen atoms in total. The first kappa shape index (κ1) is 10.2. The summed E-state index contributed by atoms with van der Waals surface area (Å²) in [5.74, 6) is 0.301. The van der Waals surface area contributed by atoms with Gasteiger partial charge in [-0.1, -0.05) is 6.08 Å². The molecule has 1 unspecified atom stereocenters. The molecule has 3 N–H and O–H groups in total. The Kier molecular flexibility index (Phi) is 4.54. The average Bonchev–Trinajstić information content (AvgIpc) is 2.66. The maximum Gasteiger partial charge on any atom is 0.221 e. The number of amides is 1. The molecular formula is C8H16N2O. The fraction of sp³-hybridized carbons (Fsp3) is 0.625. The third kappa shape index (κ3) is 3.78. The molecule has 0 aliphatic heterocycles. The lowest BCUT2D eigenvalue weighted by atomic mass is 10.3. The zero-order valence-electron chi connectivity index (χ0n) is 7.13. The molecule has 0 aromatic carbocycles. The van der Waals surface area contributed by atoms with Crippen LogP contribution in [0.1, 0.15) is 6.42 Å². The first-order valence-electron chi connectivity index (χ1n) is 3.67.